The first-order valence-corrected chi connectivity index (χ1v) is 7.95. The van der Waals surface area contributed by atoms with Gasteiger partial charge in [0.15, 0.2) is 0 Å². The van der Waals surface area contributed by atoms with E-state index in [1.54, 1.807) is 26.0 Å². The van der Waals surface area contributed by atoms with Gasteiger partial charge in [-0.1, -0.05) is 42.5 Å². The number of ether oxygens (including phenoxy) is 1. The molecule has 5 nitrogen and oxygen atoms in total. The van der Waals surface area contributed by atoms with Crippen LogP contribution >= 0.6 is 11.8 Å². The van der Waals surface area contributed by atoms with Crippen molar-refractivity contribution in [2.45, 2.75) is 20.0 Å². The van der Waals surface area contributed by atoms with Crippen LogP contribution < -0.4 is 0 Å². The summed E-state index contributed by atoms with van der Waals surface area (Å²) < 4.78 is 4.96. The number of imide groups is 1. The highest BCUT2D eigenvalue weighted by Crippen LogP contribution is 2.30. The maximum atomic E-state index is 12.2. The van der Waals surface area contributed by atoms with Crippen LogP contribution in [0.25, 0.3) is 6.08 Å². The van der Waals surface area contributed by atoms with Crippen molar-refractivity contribution >= 4 is 35.0 Å². The number of amides is 2. The van der Waals surface area contributed by atoms with Crippen LogP contribution in [0.15, 0.2) is 47.4 Å². The second-order valence-electron chi connectivity index (χ2n) is 5.10. The monoisotopic (exact) mass is 331 g/mol. The molecule has 0 unspecified atom stereocenters. The van der Waals surface area contributed by atoms with Gasteiger partial charge in [-0.2, -0.15) is 0 Å². The van der Waals surface area contributed by atoms with Gasteiger partial charge in [-0.15, -0.1) is 0 Å². The Kier molecular flexibility index (Phi) is 5.76. The summed E-state index contributed by atoms with van der Waals surface area (Å²) in [6.45, 7) is 3.06. The summed E-state index contributed by atoms with van der Waals surface area (Å²) in [5.41, 5.74) is 0.989. The van der Waals surface area contributed by atoms with E-state index in [4.69, 9.17) is 4.74 Å². The Morgan fingerprint density at radius 3 is 2.61 bits per heavy atom. The Morgan fingerprint density at radius 1 is 1.26 bits per heavy atom. The summed E-state index contributed by atoms with van der Waals surface area (Å²) in [5.74, 6) is -1.07. The average Bonchev–Trinajstić information content (AvgIpc) is 2.75. The van der Waals surface area contributed by atoms with E-state index in [1.807, 2.05) is 36.4 Å². The zero-order valence-electron chi connectivity index (χ0n) is 12.9. The summed E-state index contributed by atoms with van der Waals surface area (Å²) >= 11 is 0.817. The van der Waals surface area contributed by atoms with E-state index in [0.717, 1.165) is 22.2 Å². The molecular formula is C17H17NO4S. The van der Waals surface area contributed by atoms with E-state index in [-0.39, 0.29) is 12.6 Å². The van der Waals surface area contributed by atoms with Crippen molar-refractivity contribution in [3.63, 3.8) is 0 Å². The smallest absolute Gasteiger partial charge is 0.326 e. The Labute approximate surface area is 139 Å². The van der Waals surface area contributed by atoms with Crippen LogP contribution in [0, 0.1) is 0 Å². The fourth-order valence-electron chi connectivity index (χ4n) is 1.89. The highest BCUT2D eigenvalue weighted by atomic mass is 32.2. The van der Waals surface area contributed by atoms with Crippen LogP contribution in [0.4, 0.5) is 4.79 Å². The molecule has 0 bridgehead atoms. The first-order valence-electron chi connectivity index (χ1n) is 7.14. The van der Waals surface area contributed by atoms with Crippen LogP contribution in [-0.4, -0.2) is 34.7 Å². The van der Waals surface area contributed by atoms with Crippen LogP contribution in [0.3, 0.4) is 0 Å². The first kappa shape index (κ1) is 17.0. The van der Waals surface area contributed by atoms with E-state index in [1.165, 1.54) is 0 Å². The maximum Gasteiger partial charge on any atom is 0.326 e. The van der Waals surface area contributed by atoms with Crippen molar-refractivity contribution in [2.24, 2.45) is 0 Å². The molecule has 6 heteroatoms. The second-order valence-corrected chi connectivity index (χ2v) is 6.09. The fraction of sp³-hybridized carbons (Fsp3) is 0.235. The first-order chi connectivity index (χ1) is 11.0. The van der Waals surface area contributed by atoms with Gasteiger partial charge < -0.3 is 4.74 Å². The SMILES string of the molecule is CC(C)OC(=O)CN1C(=O)S/C(=C/C=C\c2ccccc2)C1=O. The van der Waals surface area contributed by atoms with Crippen LogP contribution in [0.1, 0.15) is 19.4 Å². The minimum absolute atomic E-state index is 0.285. The molecular weight excluding hydrogens is 314 g/mol. The molecule has 1 fully saturated rings. The molecule has 2 amide bonds. The molecule has 1 aromatic rings. The molecule has 0 saturated carbocycles. The Bertz CT molecular complexity index is 664. The minimum atomic E-state index is -0.594. The summed E-state index contributed by atoms with van der Waals surface area (Å²) in [5, 5.41) is -0.463. The van der Waals surface area contributed by atoms with Crippen molar-refractivity contribution in [1.29, 1.82) is 0 Å². The molecule has 0 N–H and O–H groups in total. The van der Waals surface area contributed by atoms with Gasteiger partial charge in [-0.05, 0) is 37.2 Å². The Hall–Kier alpha value is -2.34. The largest absolute Gasteiger partial charge is 0.462 e. The number of nitrogens with zero attached hydrogens (tertiary/aromatic N) is 1. The number of esters is 1. The lowest BCUT2D eigenvalue weighted by molar-refractivity contribution is -0.149. The summed E-state index contributed by atoms with van der Waals surface area (Å²) in [6.07, 6.45) is 4.83. The standard InChI is InChI=1S/C17H17NO4S/c1-12(2)22-15(19)11-18-16(20)14(23-17(18)21)10-6-9-13-7-4-3-5-8-13/h3-10,12H,11H2,1-2H3/b9-6-,14-10+. The lowest BCUT2D eigenvalue weighted by atomic mass is 10.2. The highest BCUT2D eigenvalue weighted by Gasteiger charge is 2.36. The maximum absolute atomic E-state index is 12.2. The van der Waals surface area contributed by atoms with E-state index in [0.29, 0.717) is 4.91 Å². The van der Waals surface area contributed by atoms with Gasteiger partial charge in [-0.25, -0.2) is 0 Å². The van der Waals surface area contributed by atoms with Crippen LogP contribution in [-0.2, 0) is 14.3 Å². The second kappa shape index (κ2) is 7.78. The molecule has 0 aromatic heterocycles. The normalized spacial score (nSPS) is 16.8. The van der Waals surface area contributed by atoms with Crippen molar-refractivity contribution in [2.75, 3.05) is 6.54 Å². The molecule has 1 heterocycles. The quantitative estimate of drug-likeness (QED) is 0.612. The molecule has 0 spiro atoms. The molecule has 1 aliphatic rings. The van der Waals surface area contributed by atoms with Gasteiger partial charge in [0.05, 0.1) is 11.0 Å². The number of carbonyl (C=O) groups excluding carboxylic acids is 3. The summed E-state index contributed by atoms with van der Waals surface area (Å²) in [7, 11) is 0. The molecule has 2 rings (SSSR count). The lowest BCUT2D eigenvalue weighted by Crippen LogP contribution is -2.35. The van der Waals surface area contributed by atoms with Gasteiger partial charge in [0, 0.05) is 0 Å². The van der Waals surface area contributed by atoms with Gasteiger partial charge in [-0.3, -0.25) is 19.3 Å². The number of hydrogen-bond donors (Lipinski definition) is 0. The number of benzene rings is 1. The lowest BCUT2D eigenvalue weighted by Gasteiger charge is -2.13. The number of allylic oxidation sites excluding steroid dienone is 2. The topological polar surface area (TPSA) is 63.7 Å². The Balaban J connectivity index is 2.01. The molecule has 1 aliphatic heterocycles. The predicted molar refractivity (Wildman–Crippen MR) is 89.5 cm³/mol. The number of hydrogen-bond acceptors (Lipinski definition) is 5. The summed E-state index contributed by atoms with van der Waals surface area (Å²) in [4.78, 5) is 36.8. The van der Waals surface area contributed by atoms with Crippen LogP contribution in [0.5, 0.6) is 0 Å². The summed E-state index contributed by atoms with van der Waals surface area (Å²) in [6, 6.07) is 9.59. The van der Waals surface area contributed by atoms with E-state index >= 15 is 0 Å². The zero-order chi connectivity index (χ0) is 16.8. The zero-order valence-corrected chi connectivity index (χ0v) is 13.7. The third-order valence-electron chi connectivity index (χ3n) is 2.86. The molecule has 23 heavy (non-hydrogen) atoms. The predicted octanol–water partition coefficient (Wildman–Crippen LogP) is 3.23. The molecule has 0 radical (unpaired) electrons. The van der Waals surface area contributed by atoms with Crippen molar-refractivity contribution in [3.05, 3.63) is 53.0 Å². The molecule has 0 aliphatic carbocycles. The molecule has 1 aromatic carbocycles. The third kappa shape index (κ3) is 4.82. The van der Waals surface area contributed by atoms with Crippen molar-refractivity contribution in [1.82, 2.24) is 4.90 Å². The van der Waals surface area contributed by atoms with Crippen molar-refractivity contribution < 1.29 is 19.1 Å². The minimum Gasteiger partial charge on any atom is -0.462 e. The fourth-order valence-corrected chi connectivity index (χ4v) is 2.68. The average molecular weight is 331 g/mol. The number of thioether (sulfide) groups is 1. The Morgan fingerprint density at radius 2 is 1.96 bits per heavy atom. The van der Waals surface area contributed by atoms with Gasteiger partial charge >= 0.3 is 5.97 Å². The van der Waals surface area contributed by atoms with Gasteiger partial charge in [0.1, 0.15) is 6.54 Å². The van der Waals surface area contributed by atoms with E-state index in [2.05, 4.69) is 0 Å². The molecule has 120 valence electrons. The van der Waals surface area contributed by atoms with E-state index < -0.39 is 17.1 Å². The van der Waals surface area contributed by atoms with E-state index in [9.17, 15) is 14.4 Å². The number of carbonyl (C=O) groups is 3. The van der Waals surface area contributed by atoms with Crippen molar-refractivity contribution in [3.8, 4) is 0 Å². The van der Waals surface area contributed by atoms with Gasteiger partial charge in [0.25, 0.3) is 11.1 Å². The van der Waals surface area contributed by atoms with Gasteiger partial charge in [0.2, 0.25) is 0 Å². The number of rotatable bonds is 5. The molecule has 1 saturated heterocycles. The van der Waals surface area contributed by atoms with Crippen LogP contribution in [0.2, 0.25) is 0 Å². The third-order valence-corrected chi connectivity index (χ3v) is 3.79. The molecule has 0 atom stereocenters. The highest BCUT2D eigenvalue weighted by molar-refractivity contribution is 8.18.